The van der Waals surface area contributed by atoms with Crippen LogP contribution in [0.15, 0.2) is 12.1 Å². The highest BCUT2D eigenvalue weighted by Gasteiger charge is 2.33. The molecule has 0 spiro atoms. The summed E-state index contributed by atoms with van der Waals surface area (Å²) in [7, 11) is 0. The zero-order chi connectivity index (χ0) is 17.0. The van der Waals surface area contributed by atoms with Gasteiger partial charge in [-0.15, -0.1) is 0 Å². The number of hydrogen-bond donors (Lipinski definition) is 1. The Morgan fingerprint density at radius 1 is 1.27 bits per heavy atom. The van der Waals surface area contributed by atoms with E-state index in [0.29, 0.717) is 13.0 Å². The summed E-state index contributed by atoms with van der Waals surface area (Å²) in [6, 6.07) is 1.87. The number of anilines is 1. The average Bonchev–Trinajstić information content (AvgIpc) is 2.36. The first kappa shape index (κ1) is 18.3. The predicted molar refractivity (Wildman–Crippen MR) is 77.8 cm³/mol. The number of nitrogens with one attached hydrogen (secondary N) is 1. The Kier molecular flexibility index (Phi) is 5.79. The fourth-order valence-corrected chi connectivity index (χ4v) is 1.68. The Hall–Kier alpha value is -1.79. The van der Waals surface area contributed by atoms with Gasteiger partial charge in [0, 0.05) is 6.54 Å². The number of rotatable bonds is 5. The van der Waals surface area contributed by atoms with Crippen molar-refractivity contribution in [2.45, 2.75) is 40.3 Å². The molecule has 1 aromatic rings. The van der Waals surface area contributed by atoms with E-state index in [4.69, 9.17) is 4.74 Å². The molecule has 0 aromatic carbocycles. The molecule has 0 amide bonds. The quantitative estimate of drug-likeness (QED) is 0.830. The van der Waals surface area contributed by atoms with E-state index >= 15 is 0 Å². The van der Waals surface area contributed by atoms with Crippen LogP contribution in [0.3, 0.4) is 0 Å². The van der Waals surface area contributed by atoms with E-state index in [2.05, 4.69) is 10.3 Å². The van der Waals surface area contributed by atoms with E-state index in [1.165, 1.54) is 0 Å². The number of ether oxygens (including phenoxy) is 1. The number of esters is 1. The normalized spacial score (nSPS) is 12.1. The highest BCUT2D eigenvalue weighted by molar-refractivity contribution is 5.94. The lowest BCUT2D eigenvalue weighted by atomic mass is 9.92. The van der Waals surface area contributed by atoms with E-state index < -0.39 is 17.8 Å². The molecule has 7 heteroatoms. The maximum atomic E-state index is 12.8. The Balaban J connectivity index is 3.03. The maximum absolute atomic E-state index is 12.8. The molecule has 1 rings (SSSR count). The lowest BCUT2D eigenvalue weighted by Gasteiger charge is -2.19. The second kappa shape index (κ2) is 6.98. The topological polar surface area (TPSA) is 51.2 Å². The Morgan fingerprint density at radius 3 is 2.41 bits per heavy atom. The molecule has 0 aliphatic heterocycles. The second-order valence-corrected chi connectivity index (χ2v) is 6.05. The summed E-state index contributed by atoms with van der Waals surface area (Å²) in [6.45, 7) is 8.22. The minimum Gasteiger partial charge on any atom is -0.462 e. The fraction of sp³-hybridized carbons (Fsp3) is 0.600. The van der Waals surface area contributed by atoms with Crippen molar-refractivity contribution >= 4 is 11.8 Å². The summed E-state index contributed by atoms with van der Waals surface area (Å²) in [5.41, 5.74) is -1.03. The van der Waals surface area contributed by atoms with E-state index in [1.54, 1.807) is 6.92 Å². The van der Waals surface area contributed by atoms with Gasteiger partial charge in [0.2, 0.25) is 0 Å². The van der Waals surface area contributed by atoms with Gasteiger partial charge in [0.15, 0.2) is 0 Å². The summed E-state index contributed by atoms with van der Waals surface area (Å²) in [6.07, 6.45) is -3.85. The van der Waals surface area contributed by atoms with Gasteiger partial charge in [-0.2, -0.15) is 13.2 Å². The summed E-state index contributed by atoms with van der Waals surface area (Å²) >= 11 is 0. The lowest BCUT2D eigenvalue weighted by Crippen LogP contribution is -2.18. The van der Waals surface area contributed by atoms with Crippen LogP contribution < -0.4 is 5.32 Å². The molecular weight excluding hydrogens is 297 g/mol. The largest absolute Gasteiger partial charge is 0.462 e. The number of pyridine rings is 1. The number of carbonyl (C=O) groups excluding carboxylic acids is 1. The van der Waals surface area contributed by atoms with Gasteiger partial charge in [-0.25, -0.2) is 9.78 Å². The van der Waals surface area contributed by atoms with Gasteiger partial charge in [0.1, 0.15) is 17.1 Å². The lowest BCUT2D eigenvalue weighted by molar-refractivity contribution is -0.141. The van der Waals surface area contributed by atoms with E-state index in [1.807, 2.05) is 20.8 Å². The van der Waals surface area contributed by atoms with Crippen molar-refractivity contribution in [2.24, 2.45) is 5.41 Å². The van der Waals surface area contributed by atoms with Crippen LogP contribution in [0.1, 0.15) is 50.2 Å². The van der Waals surface area contributed by atoms with E-state index in [9.17, 15) is 18.0 Å². The molecule has 4 nitrogen and oxygen atoms in total. The van der Waals surface area contributed by atoms with Crippen LogP contribution in [0, 0.1) is 5.41 Å². The van der Waals surface area contributed by atoms with E-state index in [-0.39, 0.29) is 23.4 Å². The highest BCUT2D eigenvalue weighted by Crippen LogP contribution is 2.30. The molecule has 124 valence electrons. The third-order valence-electron chi connectivity index (χ3n) is 2.85. The maximum Gasteiger partial charge on any atom is 0.433 e. The molecule has 0 saturated heterocycles. The number of nitrogens with zero attached hydrogens (tertiary/aromatic N) is 1. The Bertz CT molecular complexity index is 522. The summed E-state index contributed by atoms with van der Waals surface area (Å²) in [4.78, 5) is 15.3. The van der Waals surface area contributed by atoms with Crippen molar-refractivity contribution in [3.8, 4) is 0 Å². The molecule has 1 heterocycles. The minimum absolute atomic E-state index is 0.00348. The van der Waals surface area contributed by atoms with Crippen molar-refractivity contribution < 1.29 is 22.7 Å². The molecule has 1 aromatic heterocycles. The zero-order valence-electron chi connectivity index (χ0n) is 13.2. The molecule has 0 atom stereocenters. The molecule has 0 bridgehead atoms. The van der Waals surface area contributed by atoms with Crippen LogP contribution >= 0.6 is 0 Å². The van der Waals surface area contributed by atoms with Crippen molar-refractivity contribution in [3.63, 3.8) is 0 Å². The molecule has 22 heavy (non-hydrogen) atoms. The Morgan fingerprint density at radius 2 is 1.91 bits per heavy atom. The van der Waals surface area contributed by atoms with Gasteiger partial charge < -0.3 is 10.1 Å². The van der Waals surface area contributed by atoms with Crippen LogP contribution in [0.5, 0.6) is 0 Å². The first-order chi connectivity index (χ1) is 10.0. The van der Waals surface area contributed by atoms with Gasteiger partial charge in [0.05, 0.1) is 6.61 Å². The van der Waals surface area contributed by atoms with Crippen LogP contribution in [-0.2, 0) is 10.9 Å². The summed E-state index contributed by atoms with van der Waals surface area (Å²) < 4.78 is 43.1. The van der Waals surface area contributed by atoms with Gasteiger partial charge in [0.25, 0.3) is 0 Å². The third-order valence-corrected chi connectivity index (χ3v) is 2.85. The molecule has 0 unspecified atom stereocenters. The molecule has 0 radical (unpaired) electrons. The monoisotopic (exact) mass is 318 g/mol. The number of hydrogen-bond acceptors (Lipinski definition) is 4. The van der Waals surface area contributed by atoms with Crippen LogP contribution in [0.25, 0.3) is 0 Å². The smallest absolute Gasteiger partial charge is 0.433 e. The molecule has 0 aliphatic carbocycles. The Labute approximate surface area is 128 Å². The standard InChI is InChI=1S/C15H21F3N2O2/c1-5-22-13(21)10-6-7-11(15(16,17)18)20-12(10)19-9-8-14(2,3)4/h6-7H,5,8-9H2,1-4H3,(H,19,20). The number of alkyl halides is 3. The van der Waals surface area contributed by atoms with Gasteiger partial charge in [-0.05, 0) is 30.9 Å². The van der Waals surface area contributed by atoms with Crippen molar-refractivity contribution in [2.75, 3.05) is 18.5 Å². The number of aromatic nitrogens is 1. The fourth-order valence-electron chi connectivity index (χ4n) is 1.68. The van der Waals surface area contributed by atoms with Crippen LogP contribution in [0.4, 0.5) is 19.0 Å². The minimum atomic E-state index is -4.56. The predicted octanol–water partition coefficient (Wildman–Crippen LogP) is 4.13. The van der Waals surface area contributed by atoms with Crippen molar-refractivity contribution in [3.05, 3.63) is 23.4 Å². The number of halogens is 3. The van der Waals surface area contributed by atoms with Crippen molar-refractivity contribution in [1.29, 1.82) is 0 Å². The molecule has 0 aliphatic rings. The van der Waals surface area contributed by atoms with Crippen molar-refractivity contribution in [1.82, 2.24) is 4.98 Å². The van der Waals surface area contributed by atoms with Gasteiger partial charge in [-0.1, -0.05) is 20.8 Å². The molecular formula is C15H21F3N2O2. The van der Waals surface area contributed by atoms with Crippen LogP contribution in [-0.4, -0.2) is 24.1 Å². The average molecular weight is 318 g/mol. The van der Waals surface area contributed by atoms with E-state index in [0.717, 1.165) is 12.1 Å². The molecule has 0 saturated carbocycles. The zero-order valence-corrected chi connectivity index (χ0v) is 13.2. The number of carbonyl (C=O) groups is 1. The third kappa shape index (κ3) is 5.54. The van der Waals surface area contributed by atoms with Gasteiger partial charge >= 0.3 is 12.1 Å². The SMILES string of the molecule is CCOC(=O)c1ccc(C(F)(F)F)nc1NCCC(C)(C)C. The summed E-state index contributed by atoms with van der Waals surface area (Å²) in [5, 5.41) is 2.81. The first-order valence-corrected chi connectivity index (χ1v) is 7.04. The molecule has 1 N–H and O–H groups in total. The molecule has 0 fully saturated rings. The highest BCUT2D eigenvalue weighted by atomic mass is 19.4. The van der Waals surface area contributed by atoms with Crippen LogP contribution in [0.2, 0.25) is 0 Å². The second-order valence-electron chi connectivity index (χ2n) is 6.05. The first-order valence-electron chi connectivity index (χ1n) is 7.04. The van der Waals surface area contributed by atoms with Gasteiger partial charge in [-0.3, -0.25) is 0 Å². The summed E-state index contributed by atoms with van der Waals surface area (Å²) in [5.74, 6) is -0.792.